The Morgan fingerprint density at radius 1 is 1.22 bits per heavy atom. The number of phenols is 1. The molecule has 0 atom stereocenters. The molecule has 2 aromatic carbocycles. The Kier molecular flexibility index (Phi) is 3.92. The van der Waals surface area contributed by atoms with E-state index in [2.05, 4.69) is 0 Å². The van der Waals surface area contributed by atoms with Gasteiger partial charge in [0, 0.05) is 6.54 Å². The third-order valence-electron chi connectivity index (χ3n) is 3.73. The molecular weight excluding hydrogens is 290 g/mol. The lowest BCUT2D eigenvalue weighted by atomic mass is 10.0. The van der Waals surface area contributed by atoms with Crippen molar-refractivity contribution in [3.63, 3.8) is 0 Å². The van der Waals surface area contributed by atoms with Crippen molar-refractivity contribution >= 4 is 11.9 Å². The van der Waals surface area contributed by atoms with Crippen LogP contribution >= 0.6 is 0 Å². The summed E-state index contributed by atoms with van der Waals surface area (Å²) in [5, 5.41) is 10.1. The van der Waals surface area contributed by atoms with Gasteiger partial charge in [-0.25, -0.2) is 0 Å². The van der Waals surface area contributed by atoms with E-state index in [1.165, 1.54) is 0 Å². The number of carbonyl (C=O) groups excluding carboxylic acids is 1. The van der Waals surface area contributed by atoms with Crippen molar-refractivity contribution in [2.75, 3.05) is 14.1 Å². The van der Waals surface area contributed by atoms with Crippen molar-refractivity contribution in [2.45, 2.75) is 13.5 Å². The van der Waals surface area contributed by atoms with Crippen molar-refractivity contribution in [3.05, 3.63) is 64.4 Å². The maximum atomic E-state index is 12.5. The number of benzene rings is 2. The SMILES string of the molecule is Cc1cccc(/C=C2/Oc3c(ccc(O)c3CN(C)C)C2=O)c1. The highest BCUT2D eigenvalue weighted by Crippen LogP contribution is 2.39. The molecule has 3 rings (SSSR count). The van der Waals surface area contributed by atoms with Gasteiger partial charge in [-0.1, -0.05) is 29.8 Å². The zero-order valence-electron chi connectivity index (χ0n) is 13.5. The standard InChI is InChI=1S/C19H19NO3/c1-12-5-4-6-13(9-12)10-17-18(22)14-7-8-16(21)15(11-20(2)3)19(14)23-17/h4-10,21H,11H2,1-3H3/b17-10+. The van der Waals surface area contributed by atoms with Gasteiger partial charge in [0.2, 0.25) is 5.78 Å². The molecule has 0 fully saturated rings. The van der Waals surface area contributed by atoms with Crippen LogP contribution in [0.4, 0.5) is 0 Å². The zero-order chi connectivity index (χ0) is 16.6. The lowest BCUT2D eigenvalue weighted by Gasteiger charge is -2.13. The first-order chi connectivity index (χ1) is 11.0. The molecule has 2 aromatic rings. The molecule has 0 amide bonds. The fraction of sp³-hybridized carbons (Fsp3) is 0.211. The highest BCUT2D eigenvalue weighted by Gasteiger charge is 2.31. The maximum Gasteiger partial charge on any atom is 0.231 e. The number of fused-ring (bicyclic) bond motifs is 1. The number of aryl methyl sites for hydroxylation is 1. The number of ketones is 1. The summed E-state index contributed by atoms with van der Waals surface area (Å²) < 4.78 is 5.80. The molecular formula is C19H19NO3. The fourth-order valence-corrected chi connectivity index (χ4v) is 2.68. The van der Waals surface area contributed by atoms with Gasteiger partial charge in [0.1, 0.15) is 11.5 Å². The van der Waals surface area contributed by atoms with Gasteiger partial charge in [-0.15, -0.1) is 0 Å². The molecule has 0 aromatic heterocycles. The number of allylic oxidation sites excluding steroid dienone is 1. The van der Waals surface area contributed by atoms with Gasteiger partial charge in [-0.3, -0.25) is 4.79 Å². The third-order valence-corrected chi connectivity index (χ3v) is 3.73. The molecule has 4 nitrogen and oxygen atoms in total. The Morgan fingerprint density at radius 2 is 2.00 bits per heavy atom. The number of aromatic hydroxyl groups is 1. The summed E-state index contributed by atoms with van der Waals surface area (Å²) in [6, 6.07) is 11.0. The molecule has 1 N–H and O–H groups in total. The summed E-state index contributed by atoms with van der Waals surface area (Å²) in [6.45, 7) is 2.50. The van der Waals surface area contributed by atoms with Crippen LogP contribution in [0.5, 0.6) is 11.5 Å². The first-order valence-corrected chi connectivity index (χ1v) is 7.46. The van der Waals surface area contributed by atoms with Crippen LogP contribution in [0.3, 0.4) is 0 Å². The summed E-state index contributed by atoms with van der Waals surface area (Å²) in [5.41, 5.74) is 3.17. The first-order valence-electron chi connectivity index (χ1n) is 7.46. The highest BCUT2D eigenvalue weighted by molar-refractivity contribution is 6.15. The molecule has 0 radical (unpaired) electrons. The largest absolute Gasteiger partial charge is 0.507 e. The predicted octanol–water partition coefficient (Wildman–Crippen LogP) is 3.38. The molecule has 0 aliphatic carbocycles. The van der Waals surface area contributed by atoms with Crippen molar-refractivity contribution in [2.24, 2.45) is 0 Å². The zero-order valence-corrected chi connectivity index (χ0v) is 13.5. The van der Waals surface area contributed by atoms with E-state index >= 15 is 0 Å². The van der Waals surface area contributed by atoms with Crippen LogP contribution in [-0.2, 0) is 6.54 Å². The minimum atomic E-state index is -0.151. The Labute approximate surface area is 135 Å². The molecule has 1 heterocycles. The smallest absolute Gasteiger partial charge is 0.231 e. The number of phenolic OH excluding ortho intramolecular Hbond substituents is 1. The Hall–Kier alpha value is -2.59. The minimum Gasteiger partial charge on any atom is -0.507 e. The lowest BCUT2D eigenvalue weighted by Crippen LogP contribution is -2.11. The topological polar surface area (TPSA) is 49.8 Å². The second-order valence-electron chi connectivity index (χ2n) is 6.03. The number of nitrogens with zero attached hydrogens (tertiary/aromatic N) is 1. The second-order valence-corrected chi connectivity index (χ2v) is 6.03. The average Bonchev–Trinajstić information content (AvgIpc) is 2.79. The number of Topliss-reactive ketones (excluding diaryl/α,β-unsaturated/α-hetero) is 1. The fourth-order valence-electron chi connectivity index (χ4n) is 2.68. The van der Waals surface area contributed by atoms with E-state index in [-0.39, 0.29) is 17.3 Å². The number of rotatable bonds is 3. The van der Waals surface area contributed by atoms with E-state index in [9.17, 15) is 9.90 Å². The van der Waals surface area contributed by atoms with E-state index in [4.69, 9.17) is 4.74 Å². The molecule has 0 saturated carbocycles. The average molecular weight is 309 g/mol. The second kappa shape index (κ2) is 5.89. The summed E-state index contributed by atoms with van der Waals surface area (Å²) >= 11 is 0. The van der Waals surface area contributed by atoms with Gasteiger partial charge in [-0.2, -0.15) is 0 Å². The van der Waals surface area contributed by atoms with Crippen LogP contribution in [0.1, 0.15) is 27.0 Å². The molecule has 0 bridgehead atoms. The molecule has 1 aliphatic rings. The number of carbonyl (C=O) groups is 1. The molecule has 0 spiro atoms. The van der Waals surface area contributed by atoms with Gasteiger partial charge in [0.25, 0.3) is 0 Å². The lowest BCUT2D eigenvalue weighted by molar-refractivity contribution is 0.101. The van der Waals surface area contributed by atoms with E-state index in [1.807, 2.05) is 50.2 Å². The predicted molar refractivity (Wildman–Crippen MR) is 89.6 cm³/mol. The van der Waals surface area contributed by atoms with Crippen LogP contribution in [0.25, 0.3) is 6.08 Å². The molecule has 23 heavy (non-hydrogen) atoms. The maximum absolute atomic E-state index is 12.5. The number of ether oxygens (including phenoxy) is 1. The molecule has 118 valence electrons. The van der Waals surface area contributed by atoms with Crippen molar-refractivity contribution in [1.29, 1.82) is 0 Å². The van der Waals surface area contributed by atoms with Crippen molar-refractivity contribution in [3.8, 4) is 11.5 Å². The van der Waals surface area contributed by atoms with Crippen LogP contribution in [0, 0.1) is 6.92 Å². The van der Waals surface area contributed by atoms with E-state index in [0.29, 0.717) is 23.4 Å². The van der Waals surface area contributed by atoms with Crippen LogP contribution in [-0.4, -0.2) is 29.9 Å². The summed E-state index contributed by atoms with van der Waals surface area (Å²) in [7, 11) is 3.80. The van der Waals surface area contributed by atoms with Gasteiger partial charge in [-0.05, 0) is 44.8 Å². The highest BCUT2D eigenvalue weighted by atomic mass is 16.5. The van der Waals surface area contributed by atoms with Gasteiger partial charge < -0.3 is 14.7 Å². The van der Waals surface area contributed by atoms with E-state index in [1.54, 1.807) is 18.2 Å². The number of hydrogen-bond donors (Lipinski definition) is 1. The first kappa shape index (κ1) is 15.3. The van der Waals surface area contributed by atoms with Gasteiger partial charge in [0.15, 0.2) is 5.76 Å². The Bertz CT molecular complexity index is 806. The van der Waals surface area contributed by atoms with Crippen molar-refractivity contribution < 1.29 is 14.6 Å². The van der Waals surface area contributed by atoms with Crippen LogP contribution in [0.15, 0.2) is 42.2 Å². The van der Waals surface area contributed by atoms with Gasteiger partial charge >= 0.3 is 0 Å². The summed E-state index contributed by atoms with van der Waals surface area (Å²) in [6.07, 6.45) is 1.74. The van der Waals surface area contributed by atoms with E-state index < -0.39 is 0 Å². The quantitative estimate of drug-likeness (QED) is 0.883. The third kappa shape index (κ3) is 2.98. The monoisotopic (exact) mass is 309 g/mol. The number of hydrogen-bond acceptors (Lipinski definition) is 4. The minimum absolute atomic E-state index is 0.141. The summed E-state index contributed by atoms with van der Waals surface area (Å²) in [5.74, 6) is 0.738. The Balaban J connectivity index is 2.02. The molecule has 1 aliphatic heterocycles. The van der Waals surface area contributed by atoms with Gasteiger partial charge in [0.05, 0.1) is 11.1 Å². The van der Waals surface area contributed by atoms with E-state index in [0.717, 1.165) is 11.1 Å². The normalized spacial score (nSPS) is 15.1. The Morgan fingerprint density at radius 3 is 2.70 bits per heavy atom. The molecule has 0 saturated heterocycles. The van der Waals surface area contributed by atoms with Crippen LogP contribution in [0.2, 0.25) is 0 Å². The summed E-state index contributed by atoms with van der Waals surface area (Å²) in [4.78, 5) is 14.5. The molecule has 4 heteroatoms. The van der Waals surface area contributed by atoms with Crippen molar-refractivity contribution in [1.82, 2.24) is 4.90 Å². The molecule has 0 unspecified atom stereocenters. The van der Waals surface area contributed by atoms with Crippen LogP contribution < -0.4 is 4.74 Å².